The van der Waals surface area contributed by atoms with Crippen LogP contribution in [0, 0.1) is 0 Å². The van der Waals surface area contributed by atoms with E-state index in [0.717, 1.165) is 25.0 Å². The lowest BCUT2D eigenvalue weighted by molar-refractivity contribution is 0.223. The molecule has 0 aromatic carbocycles. The molecule has 13 heavy (non-hydrogen) atoms. The average Bonchev–Trinajstić information content (AvgIpc) is 2.62. The van der Waals surface area contributed by atoms with Gasteiger partial charge < -0.3 is 5.11 Å². The zero-order chi connectivity index (χ0) is 9.26. The molecule has 1 unspecified atom stereocenters. The van der Waals surface area contributed by atoms with E-state index in [0.29, 0.717) is 0 Å². The smallest absolute Gasteiger partial charge is 0.0867 e. The molecule has 1 aromatic rings. The van der Waals surface area contributed by atoms with Crippen molar-refractivity contribution < 1.29 is 5.11 Å². The molecule has 0 spiro atoms. The van der Waals surface area contributed by atoms with Crippen LogP contribution in [0.25, 0.3) is 0 Å². The minimum Gasteiger partial charge on any atom is -0.389 e. The number of aryl methyl sites for hydroxylation is 1. The van der Waals surface area contributed by atoms with Crippen LogP contribution >= 0.6 is 0 Å². The predicted octanol–water partition coefficient (Wildman–Crippen LogP) is 0.439. The van der Waals surface area contributed by atoms with Crippen molar-refractivity contribution in [1.82, 2.24) is 15.0 Å². The molecule has 0 radical (unpaired) electrons. The summed E-state index contributed by atoms with van der Waals surface area (Å²) in [5.41, 5.74) is 2.25. The van der Waals surface area contributed by atoms with Crippen LogP contribution in [-0.4, -0.2) is 26.2 Å². The number of aliphatic hydroxyl groups is 1. The van der Waals surface area contributed by atoms with Gasteiger partial charge in [0.25, 0.3) is 0 Å². The van der Waals surface area contributed by atoms with Crippen molar-refractivity contribution in [2.24, 2.45) is 7.05 Å². The summed E-state index contributed by atoms with van der Waals surface area (Å²) in [6.45, 7) is 0. The second-order valence-corrected chi connectivity index (χ2v) is 3.49. The zero-order valence-corrected chi connectivity index (χ0v) is 7.64. The van der Waals surface area contributed by atoms with Crippen LogP contribution in [0.4, 0.5) is 0 Å². The molecule has 0 bridgehead atoms. The van der Waals surface area contributed by atoms with Crippen molar-refractivity contribution in [1.29, 1.82) is 0 Å². The van der Waals surface area contributed by atoms with Gasteiger partial charge in [-0.3, -0.25) is 4.68 Å². The molecule has 0 amide bonds. The zero-order valence-electron chi connectivity index (χ0n) is 7.64. The van der Waals surface area contributed by atoms with E-state index in [2.05, 4.69) is 10.3 Å². The van der Waals surface area contributed by atoms with E-state index < -0.39 is 0 Å². The highest BCUT2D eigenvalue weighted by Crippen LogP contribution is 2.21. The van der Waals surface area contributed by atoms with Gasteiger partial charge in [-0.25, -0.2) is 0 Å². The lowest BCUT2D eigenvalue weighted by atomic mass is 10.1. The number of allylic oxidation sites excluding steroid dienone is 1. The Kier molecular flexibility index (Phi) is 2.14. The summed E-state index contributed by atoms with van der Waals surface area (Å²) in [6, 6.07) is 0. The van der Waals surface area contributed by atoms with Crippen molar-refractivity contribution in [3.8, 4) is 0 Å². The molecular weight excluding hydrogens is 166 g/mol. The Morgan fingerprint density at radius 3 is 3.08 bits per heavy atom. The van der Waals surface area contributed by atoms with Crippen LogP contribution in [0.5, 0.6) is 0 Å². The second kappa shape index (κ2) is 3.30. The van der Waals surface area contributed by atoms with Crippen molar-refractivity contribution in [3.05, 3.63) is 23.5 Å². The lowest BCUT2D eigenvalue weighted by Crippen LogP contribution is -1.93. The van der Waals surface area contributed by atoms with Crippen LogP contribution in [0.3, 0.4) is 0 Å². The molecule has 1 atom stereocenters. The summed E-state index contributed by atoms with van der Waals surface area (Å²) in [5.74, 6) is 0. The molecule has 4 nitrogen and oxygen atoms in total. The fourth-order valence-corrected chi connectivity index (χ4v) is 1.63. The third-order valence-electron chi connectivity index (χ3n) is 2.25. The SMILES string of the molecule is Cn1cc(CC2=CC(O)CC2)nn1. The van der Waals surface area contributed by atoms with Gasteiger partial charge in [0.1, 0.15) is 0 Å². The Labute approximate surface area is 76.9 Å². The van der Waals surface area contributed by atoms with Crippen LogP contribution in [0.1, 0.15) is 18.5 Å². The van der Waals surface area contributed by atoms with Gasteiger partial charge in [0.15, 0.2) is 0 Å². The molecule has 1 aliphatic rings. The first-order chi connectivity index (χ1) is 6.24. The van der Waals surface area contributed by atoms with Gasteiger partial charge in [-0.2, -0.15) is 0 Å². The minimum absolute atomic E-state index is 0.244. The number of hydrogen-bond donors (Lipinski definition) is 1. The van der Waals surface area contributed by atoms with Gasteiger partial charge >= 0.3 is 0 Å². The molecule has 0 aliphatic heterocycles. The van der Waals surface area contributed by atoms with Crippen LogP contribution < -0.4 is 0 Å². The maximum Gasteiger partial charge on any atom is 0.0867 e. The van der Waals surface area contributed by atoms with Crippen molar-refractivity contribution in [2.45, 2.75) is 25.4 Å². The number of nitrogens with zero attached hydrogens (tertiary/aromatic N) is 3. The number of hydrogen-bond acceptors (Lipinski definition) is 3. The summed E-state index contributed by atoms with van der Waals surface area (Å²) in [4.78, 5) is 0. The second-order valence-electron chi connectivity index (χ2n) is 3.49. The third kappa shape index (κ3) is 1.95. The lowest BCUT2D eigenvalue weighted by Gasteiger charge is -1.94. The Hall–Kier alpha value is -1.16. The van der Waals surface area contributed by atoms with E-state index >= 15 is 0 Å². The molecule has 1 aromatic heterocycles. The molecule has 2 rings (SSSR count). The molecular formula is C9H13N3O. The quantitative estimate of drug-likeness (QED) is 0.670. The summed E-state index contributed by atoms with van der Waals surface area (Å²) in [5, 5.41) is 17.1. The summed E-state index contributed by atoms with van der Waals surface area (Å²) in [7, 11) is 1.86. The normalized spacial score (nSPS) is 22.0. The molecule has 0 fully saturated rings. The molecule has 0 saturated heterocycles. The van der Waals surface area contributed by atoms with E-state index in [1.165, 1.54) is 5.57 Å². The van der Waals surface area contributed by atoms with Crippen LogP contribution in [-0.2, 0) is 13.5 Å². The number of aliphatic hydroxyl groups excluding tert-OH is 1. The minimum atomic E-state index is -0.244. The van der Waals surface area contributed by atoms with Gasteiger partial charge in [0, 0.05) is 19.7 Å². The monoisotopic (exact) mass is 179 g/mol. The maximum atomic E-state index is 9.27. The van der Waals surface area contributed by atoms with Gasteiger partial charge in [-0.1, -0.05) is 16.9 Å². The van der Waals surface area contributed by atoms with E-state index in [4.69, 9.17) is 0 Å². The highest BCUT2D eigenvalue weighted by Gasteiger charge is 2.13. The van der Waals surface area contributed by atoms with E-state index in [9.17, 15) is 5.11 Å². The summed E-state index contributed by atoms with van der Waals surface area (Å²) < 4.78 is 1.70. The molecule has 1 heterocycles. The molecule has 1 N–H and O–H groups in total. The molecule has 70 valence electrons. The average molecular weight is 179 g/mol. The van der Waals surface area contributed by atoms with Gasteiger partial charge in [-0.15, -0.1) is 5.10 Å². The van der Waals surface area contributed by atoms with Crippen LogP contribution in [0.15, 0.2) is 17.8 Å². The van der Waals surface area contributed by atoms with Crippen molar-refractivity contribution >= 4 is 0 Å². The fraction of sp³-hybridized carbons (Fsp3) is 0.556. The van der Waals surface area contributed by atoms with E-state index in [1.807, 2.05) is 19.3 Å². The topological polar surface area (TPSA) is 50.9 Å². The summed E-state index contributed by atoms with van der Waals surface area (Å²) >= 11 is 0. The first kappa shape index (κ1) is 8.44. The van der Waals surface area contributed by atoms with Crippen LogP contribution in [0.2, 0.25) is 0 Å². The Balaban J connectivity index is 2.02. The molecule has 0 saturated carbocycles. The predicted molar refractivity (Wildman–Crippen MR) is 48.0 cm³/mol. The third-order valence-corrected chi connectivity index (χ3v) is 2.25. The highest BCUT2D eigenvalue weighted by atomic mass is 16.3. The van der Waals surface area contributed by atoms with Gasteiger partial charge in [-0.05, 0) is 12.8 Å². The Bertz CT molecular complexity index is 329. The first-order valence-corrected chi connectivity index (χ1v) is 4.47. The largest absolute Gasteiger partial charge is 0.389 e. The van der Waals surface area contributed by atoms with Crippen molar-refractivity contribution in [3.63, 3.8) is 0 Å². The van der Waals surface area contributed by atoms with Crippen molar-refractivity contribution in [2.75, 3.05) is 0 Å². The summed E-state index contributed by atoms with van der Waals surface area (Å²) in [6.07, 6.45) is 6.25. The molecule has 1 aliphatic carbocycles. The standard InChI is InChI=1S/C9H13N3O/c1-12-6-8(10-11-12)4-7-2-3-9(13)5-7/h5-6,9,13H,2-4H2,1H3. The molecule has 4 heteroatoms. The van der Waals surface area contributed by atoms with E-state index in [1.54, 1.807) is 4.68 Å². The Morgan fingerprint density at radius 1 is 1.69 bits per heavy atom. The number of aromatic nitrogens is 3. The van der Waals surface area contributed by atoms with E-state index in [-0.39, 0.29) is 6.10 Å². The van der Waals surface area contributed by atoms with Gasteiger partial charge in [0.05, 0.1) is 11.8 Å². The highest BCUT2D eigenvalue weighted by molar-refractivity contribution is 5.17. The maximum absolute atomic E-state index is 9.27. The first-order valence-electron chi connectivity index (χ1n) is 4.47. The van der Waals surface area contributed by atoms with Gasteiger partial charge in [0.2, 0.25) is 0 Å². The Morgan fingerprint density at radius 2 is 2.54 bits per heavy atom. The number of rotatable bonds is 2. The fourth-order valence-electron chi connectivity index (χ4n) is 1.63.